The Morgan fingerprint density at radius 1 is 0.338 bits per heavy atom. The first-order valence-corrected chi connectivity index (χ1v) is 24.7. The molecule has 0 unspecified atom stereocenters. The van der Waals surface area contributed by atoms with Crippen LogP contribution in [0.4, 0.5) is 0 Å². The predicted molar refractivity (Wildman–Crippen MR) is 296 cm³/mol. The van der Waals surface area contributed by atoms with E-state index in [9.17, 15) is 0 Å². The second kappa shape index (κ2) is 16.1. The molecule has 0 fully saturated rings. The standard InChI is InChI=1S/C65H65ClN2/c1-62(2,3)46-26-29-56-52(37-46)54-38-49(65(10,11)12)39-55(61(54)67(56)13)53-34-45(44-30-47(63(4,5)6)36-48(31-44)64(7,8)9)35-59(60(53)66)68-57-27-24-42(40-20-16-14-17-21-40)32-50(57)51-33-43(25-28-58(51)68)41-22-18-15-19-23-41/h14-39H,1-13H3. The molecule has 8 aromatic carbocycles. The first kappa shape index (κ1) is 45.4. The quantitative estimate of drug-likeness (QED) is 0.163. The lowest BCUT2D eigenvalue weighted by molar-refractivity contribution is 0.569. The van der Waals surface area contributed by atoms with Gasteiger partial charge in [-0.25, -0.2) is 0 Å². The van der Waals surface area contributed by atoms with Crippen molar-refractivity contribution in [3.8, 4) is 50.2 Å². The maximum Gasteiger partial charge on any atom is 0.0726 e. The van der Waals surface area contributed by atoms with Crippen molar-refractivity contribution in [2.75, 3.05) is 0 Å². The van der Waals surface area contributed by atoms with Crippen molar-refractivity contribution in [2.24, 2.45) is 7.05 Å². The number of hydrogen-bond acceptors (Lipinski definition) is 0. The molecule has 2 aromatic heterocycles. The molecule has 342 valence electrons. The molecule has 3 heteroatoms. The summed E-state index contributed by atoms with van der Waals surface area (Å²) in [5.41, 5.74) is 19.8. The maximum absolute atomic E-state index is 8.23. The fraction of sp³-hybridized carbons (Fsp3) is 0.262. The number of benzene rings is 8. The van der Waals surface area contributed by atoms with Crippen LogP contribution in [0.1, 0.15) is 105 Å². The maximum atomic E-state index is 8.23. The van der Waals surface area contributed by atoms with E-state index in [0.29, 0.717) is 0 Å². The number of aromatic nitrogens is 2. The van der Waals surface area contributed by atoms with Gasteiger partial charge in [-0.3, -0.25) is 0 Å². The van der Waals surface area contributed by atoms with Crippen molar-refractivity contribution in [2.45, 2.75) is 105 Å². The minimum atomic E-state index is -0.123. The number of aryl methyl sites for hydroxylation is 1. The Labute approximate surface area is 409 Å². The third kappa shape index (κ3) is 7.95. The Morgan fingerprint density at radius 2 is 0.779 bits per heavy atom. The molecule has 0 radical (unpaired) electrons. The molecule has 0 saturated carbocycles. The minimum Gasteiger partial charge on any atom is -0.343 e. The summed E-state index contributed by atoms with van der Waals surface area (Å²) in [6.45, 7) is 27.8. The Hall–Kier alpha value is -6.35. The number of rotatable bonds is 5. The van der Waals surface area contributed by atoms with Crippen molar-refractivity contribution < 1.29 is 0 Å². The molecule has 0 bridgehead atoms. The Bertz CT molecular complexity index is 3460. The van der Waals surface area contributed by atoms with Gasteiger partial charge in [-0.05, 0) is 138 Å². The van der Waals surface area contributed by atoms with Crippen LogP contribution in [0.5, 0.6) is 0 Å². The van der Waals surface area contributed by atoms with Crippen molar-refractivity contribution >= 4 is 55.2 Å². The normalized spacial score (nSPS) is 12.9. The fourth-order valence-corrected chi connectivity index (χ4v) is 10.5. The van der Waals surface area contributed by atoms with Crippen LogP contribution >= 0.6 is 11.6 Å². The van der Waals surface area contributed by atoms with E-state index in [-0.39, 0.29) is 21.7 Å². The SMILES string of the molecule is Cn1c2ccc(C(C)(C)C)cc2c2cc(C(C)(C)C)cc(-c3cc(-c4cc(C(C)(C)C)cc(C(C)(C)C)c4)cc(-n4c5ccc(-c6ccccc6)cc5c5cc(-c6ccccc6)ccc54)c3Cl)c21. The van der Waals surface area contributed by atoms with Gasteiger partial charge < -0.3 is 9.13 Å². The molecule has 0 N–H and O–H groups in total. The van der Waals surface area contributed by atoms with Gasteiger partial charge in [0.25, 0.3) is 0 Å². The lowest BCUT2D eigenvalue weighted by Crippen LogP contribution is -2.16. The lowest BCUT2D eigenvalue weighted by Gasteiger charge is -2.27. The Morgan fingerprint density at radius 3 is 1.28 bits per heavy atom. The van der Waals surface area contributed by atoms with Gasteiger partial charge in [-0.1, -0.05) is 192 Å². The van der Waals surface area contributed by atoms with Gasteiger partial charge >= 0.3 is 0 Å². The zero-order valence-electron chi connectivity index (χ0n) is 42.3. The highest BCUT2D eigenvalue weighted by atomic mass is 35.5. The van der Waals surface area contributed by atoms with E-state index in [1.807, 2.05) is 0 Å². The summed E-state index contributed by atoms with van der Waals surface area (Å²) in [4.78, 5) is 0. The van der Waals surface area contributed by atoms with Crippen LogP contribution in [0.3, 0.4) is 0 Å². The third-order valence-electron chi connectivity index (χ3n) is 14.4. The van der Waals surface area contributed by atoms with Crippen LogP contribution in [0.2, 0.25) is 5.02 Å². The summed E-state index contributed by atoms with van der Waals surface area (Å²) in [6, 6.07) is 59.2. The monoisotopic (exact) mass is 908 g/mol. The first-order valence-electron chi connectivity index (χ1n) is 24.3. The molecule has 0 aliphatic carbocycles. The van der Waals surface area contributed by atoms with Crippen molar-refractivity contribution in [3.63, 3.8) is 0 Å². The van der Waals surface area contributed by atoms with Gasteiger partial charge in [0, 0.05) is 45.2 Å². The predicted octanol–water partition coefficient (Wildman–Crippen LogP) is 18.9. The molecule has 2 nitrogen and oxygen atoms in total. The molecule has 0 amide bonds. The van der Waals surface area contributed by atoms with Crippen LogP contribution in [0, 0.1) is 0 Å². The summed E-state index contributed by atoms with van der Waals surface area (Å²) >= 11 is 8.23. The van der Waals surface area contributed by atoms with Crippen molar-refractivity contribution in [1.29, 1.82) is 0 Å². The van der Waals surface area contributed by atoms with Gasteiger partial charge in [0.05, 0.1) is 27.3 Å². The van der Waals surface area contributed by atoms with E-state index in [2.05, 4.69) is 257 Å². The van der Waals surface area contributed by atoms with Crippen LogP contribution in [0.15, 0.2) is 158 Å². The van der Waals surface area contributed by atoms with E-state index in [1.165, 1.54) is 82.6 Å². The third-order valence-corrected chi connectivity index (χ3v) is 14.8. The van der Waals surface area contributed by atoms with Gasteiger partial charge in [0.1, 0.15) is 0 Å². The van der Waals surface area contributed by atoms with E-state index in [1.54, 1.807) is 0 Å². The number of nitrogens with zero attached hydrogens (tertiary/aromatic N) is 2. The highest BCUT2D eigenvalue weighted by molar-refractivity contribution is 6.36. The topological polar surface area (TPSA) is 9.86 Å². The number of hydrogen-bond donors (Lipinski definition) is 0. The molecule has 0 spiro atoms. The van der Waals surface area contributed by atoms with E-state index in [4.69, 9.17) is 11.6 Å². The van der Waals surface area contributed by atoms with Gasteiger partial charge in [0.15, 0.2) is 0 Å². The highest BCUT2D eigenvalue weighted by Crippen LogP contribution is 2.48. The van der Waals surface area contributed by atoms with Crippen LogP contribution < -0.4 is 0 Å². The van der Waals surface area contributed by atoms with Crippen LogP contribution in [-0.4, -0.2) is 9.13 Å². The van der Waals surface area contributed by atoms with E-state index >= 15 is 0 Å². The van der Waals surface area contributed by atoms with Crippen molar-refractivity contribution in [1.82, 2.24) is 9.13 Å². The number of halogens is 1. The lowest BCUT2D eigenvalue weighted by atomic mass is 9.78. The molecule has 0 saturated heterocycles. The summed E-state index contributed by atoms with van der Waals surface area (Å²) in [5.74, 6) is 0. The summed E-state index contributed by atoms with van der Waals surface area (Å²) in [7, 11) is 2.23. The minimum absolute atomic E-state index is 0.00684. The molecular formula is C65H65ClN2. The average Bonchev–Trinajstić information content (AvgIpc) is 3.78. The van der Waals surface area contributed by atoms with Gasteiger partial charge in [0.2, 0.25) is 0 Å². The second-order valence-electron chi connectivity index (χ2n) is 23.4. The second-order valence-corrected chi connectivity index (χ2v) is 23.8. The van der Waals surface area contributed by atoms with Gasteiger partial charge in [-0.15, -0.1) is 0 Å². The smallest absolute Gasteiger partial charge is 0.0726 e. The van der Waals surface area contributed by atoms with E-state index in [0.717, 1.165) is 38.4 Å². The largest absolute Gasteiger partial charge is 0.343 e. The molecular weight excluding hydrogens is 844 g/mol. The molecule has 68 heavy (non-hydrogen) atoms. The zero-order valence-corrected chi connectivity index (χ0v) is 43.0. The number of fused-ring (bicyclic) bond motifs is 6. The van der Waals surface area contributed by atoms with Gasteiger partial charge in [-0.2, -0.15) is 0 Å². The van der Waals surface area contributed by atoms with Crippen molar-refractivity contribution in [3.05, 3.63) is 185 Å². The molecule has 0 aliphatic rings. The van der Waals surface area contributed by atoms with E-state index < -0.39 is 0 Å². The summed E-state index contributed by atoms with van der Waals surface area (Å²) in [5, 5.41) is 5.62. The Kier molecular flexibility index (Phi) is 10.8. The molecule has 2 heterocycles. The fourth-order valence-electron chi connectivity index (χ4n) is 10.2. The molecule has 10 rings (SSSR count). The summed E-state index contributed by atoms with van der Waals surface area (Å²) < 4.78 is 4.83. The zero-order chi connectivity index (χ0) is 48.2. The molecule has 0 aliphatic heterocycles. The summed E-state index contributed by atoms with van der Waals surface area (Å²) in [6.07, 6.45) is 0. The average molecular weight is 910 g/mol. The molecule has 0 atom stereocenters. The van der Waals surface area contributed by atoms with Crippen LogP contribution in [-0.2, 0) is 28.7 Å². The van der Waals surface area contributed by atoms with Crippen LogP contribution in [0.25, 0.3) is 93.8 Å². The first-order chi connectivity index (χ1) is 32.1. The Balaban J connectivity index is 1.36. The molecule has 10 aromatic rings. The highest BCUT2D eigenvalue weighted by Gasteiger charge is 2.27.